The van der Waals surface area contributed by atoms with Crippen LogP contribution in [-0.4, -0.2) is 29.4 Å². The number of ether oxygens (including phenoxy) is 1. The van der Waals surface area contributed by atoms with Crippen molar-refractivity contribution in [3.8, 4) is 0 Å². The first-order chi connectivity index (χ1) is 6.76. The van der Waals surface area contributed by atoms with E-state index in [1.807, 2.05) is 6.92 Å². The van der Waals surface area contributed by atoms with Crippen molar-refractivity contribution in [3.05, 3.63) is 11.9 Å². The second-order valence-electron chi connectivity index (χ2n) is 2.74. The van der Waals surface area contributed by atoms with Gasteiger partial charge in [0.25, 0.3) is 0 Å². The summed E-state index contributed by atoms with van der Waals surface area (Å²) in [6, 6.07) is 1.79. The molecule has 0 aromatic carbocycles. The molecule has 0 bridgehead atoms. The zero-order valence-corrected chi connectivity index (χ0v) is 9.30. The molecule has 1 rings (SSSR count). The summed E-state index contributed by atoms with van der Waals surface area (Å²) in [5, 5.41) is 0.923. The lowest BCUT2D eigenvalue weighted by Crippen LogP contribution is -2.00. The van der Waals surface area contributed by atoms with E-state index in [1.54, 1.807) is 24.9 Å². The molecule has 5 heteroatoms. The number of hydrogen-bond acceptors (Lipinski definition) is 5. The summed E-state index contributed by atoms with van der Waals surface area (Å²) in [6.45, 7) is 2.73. The van der Waals surface area contributed by atoms with Crippen LogP contribution in [0, 0.1) is 0 Å². The molecule has 1 heterocycles. The Balaban J connectivity index is 2.62. The fourth-order valence-electron chi connectivity index (χ4n) is 0.954. The molecule has 0 aliphatic carbocycles. The minimum Gasteiger partial charge on any atom is -0.384 e. The summed E-state index contributed by atoms with van der Waals surface area (Å²) in [7, 11) is 1.69. The molecule has 1 aromatic heterocycles. The van der Waals surface area contributed by atoms with Crippen LogP contribution in [0.1, 0.15) is 12.7 Å². The van der Waals surface area contributed by atoms with Gasteiger partial charge < -0.3 is 10.5 Å². The Labute approximate surface area is 88.3 Å². The SMILES string of the molecule is CCc1nc(N)cc(SCCOC)n1. The highest BCUT2D eigenvalue weighted by molar-refractivity contribution is 7.99. The number of aromatic nitrogens is 2. The summed E-state index contributed by atoms with van der Waals surface area (Å²) < 4.78 is 4.95. The number of aryl methyl sites for hydroxylation is 1. The number of anilines is 1. The Kier molecular flexibility index (Phi) is 4.69. The molecule has 14 heavy (non-hydrogen) atoms. The lowest BCUT2D eigenvalue weighted by atomic mass is 10.4. The number of rotatable bonds is 5. The maximum absolute atomic E-state index is 5.64. The molecule has 2 N–H and O–H groups in total. The van der Waals surface area contributed by atoms with Crippen molar-refractivity contribution >= 4 is 17.6 Å². The second kappa shape index (κ2) is 5.82. The third-order valence-corrected chi connectivity index (χ3v) is 2.50. The second-order valence-corrected chi connectivity index (χ2v) is 3.86. The number of nitrogens with zero attached hydrogens (tertiary/aromatic N) is 2. The molecule has 0 aliphatic rings. The summed E-state index contributed by atoms with van der Waals surface area (Å²) in [4.78, 5) is 8.44. The van der Waals surface area contributed by atoms with Crippen molar-refractivity contribution in [1.82, 2.24) is 9.97 Å². The van der Waals surface area contributed by atoms with Crippen molar-refractivity contribution in [2.45, 2.75) is 18.4 Å². The molecule has 0 radical (unpaired) electrons. The monoisotopic (exact) mass is 213 g/mol. The lowest BCUT2D eigenvalue weighted by molar-refractivity contribution is 0.218. The van der Waals surface area contributed by atoms with E-state index in [0.29, 0.717) is 5.82 Å². The van der Waals surface area contributed by atoms with Gasteiger partial charge >= 0.3 is 0 Å². The number of nitrogen functional groups attached to an aromatic ring is 1. The zero-order valence-electron chi connectivity index (χ0n) is 8.49. The first-order valence-corrected chi connectivity index (χ1v) is 5.50. The van der Waals surface area contributed by atoms with Gasteiger partial charge in [-0.05, 0) is 0 Å². The molecule has 4 nitrogen and oxygen atoms in total. The third kappa shape index (κ3) is 3.51. The number of thioether (sulfide) groups is 1. The average Bonchev–Trinajstić information content (AvgIpc) is 2.17. The quantitative estimate of drug-likeness (QED) is 0.454. The molecule has 0 saturated heterocycles. The topological polar surface area (TPSA) is 61.0 Å². The lowest BCUT2D eigenvalue weighted by Gasteiger charge is -2.03. The van der Waals surface area contributed by atoms with Crippen LogP contribution >= 0.6 is 11.8 Å². The van der Waals surface area contributed by atoms with E-state index in [4.69, 9.17) is 10.5 Å². The Morgan fingerprint density at radius 2 is 2.29 bits per heavy atom. The van der Waals surface area contributed by atoms with Crippen LogP contribution in [0.3, 0.4) is 0 Å². The Morgan fingerprint density at radius 1 is 1.50 bits per heavy atom. The molecule has 0 amide bonds. The van der Waals surface area contributed by atoms with Gasteiger partial charge in [-0.1, -0.05) is 6.92 Å². The van der Waals surface area contributed by atoms with E-state index in [-0.39, 0.29) is 0 Å². The normalized spacial score (nSPS) is 10.4. The van der Waals surface area contributed by atoms with Gasteiger partial charge in [-0.3, -0.25) is 0 Å². The van der Waals surface area contributed by atoms with E-state index in [0.717, 1.165) is 29.6 Å². The zero-order chi connectivity index (χ0) is 10.4. The van der Waals surface area contributed by atoms with Crippen LogP contribution in [0.15, 0.2) is 11.1 Å². The minimum absolute atomic E-state index is 0.539. The summed E-state index contributed by atoms with van der Waals surface area (Å²) >= 11 is 1.63. The predicted octanol–water partition coefficient (Wildman–Crippen LogP) is 1.36. The number of hydrogen-bond donors (Lipinski definition) is 1. The van der Waals surface area contributed by atoms with Gasteiger partial charge in [0.15, 0.2) is 0 Å². The summed E-state index contributed by atoms with van der Waals surface area (Å²) in [6.07, 6.45) is 0.808. The molecule has 0 spiro atoms. The van der Waals surface area contributed by atoms with E-state index in [2.05, 4.69) is 9.97 Å². The molecular formula is C9H15N3OS. The highest BCUT2D eigenvalue weighted by Gasteiger charge is 2.01. The van der Waals surface area contributed by atoms with Crippen LogP contribution in [0.4, 0.5) is 5.82 Å². The average molecular weight is 213 g/mol. The third-order valence-electron chi connectivity index (χ3n) is 1.62. The standard InChI is InChI=1S/C9H15N3OS/c1-3-8-11-7(10)6-9(12-8)14-5-4-13-2/h6H,3-5H2,1-2H3,(H2,10,11,12). The van der Waals surface area contributed by atoms with Crippen LogP contribution < -0.4 is 5.73 Å². The van der Waals surface area contributed by atoms with Crippen LogP contribution in [0.5, 0.6) is 0 Å². The molecule has 0 aliphatic heterocycles. The predicted molar refractivity (Wildman–Crippen MR) is 58.4 cm³/mol. The van der Waals surface area contributed by atoms with Gasteiger partial charge in [0, 0.05) is 25.3 Å². The van der Waals surface area contributed by atoms with Crippen molar-refractivity contribution in [3.63, 3.8) is 0 Å². The maximum Gasteiger partial charge on any atom is 0.131 e. The van der Waals surface area contributed by atoms with Gasteiger partial charge in [-0.15, -0.1) is 11.8 Å². The molecule has 0 saturated carbocycles. The molecule has 1 aromatic rings. The highest BCUT2D eigenvalue weighted by atomic mass is 32.2. The Bertz CT molecular complexity index is 293. The summed E-state index contributed by atoms with van der Waals surface area (Å²) in [5.41, 5.74) is 5.64. The smallest absolute Gasteiger partial charge is 0.131 e. The van der Waals surface area contributed by atoms with Crippen LogP contribution in [0.25, 0.3) is 0 Å². The molecule has 0 unspecified atom stereocenters. The maximum atomic E-state index is 5.64. The molecule has 78 valence electrons. The van der Waals surface area contributed by atoms with Gasteiger partial charge in [-0.2, -0.15) is 0 Å². The van der Waals surface area contributed by atoms with Crippen molar-refractivity contribution < 1.29 is 4.74 Å². The van der Waals surface area contributed by atoms with Crippen molar-refractivity contribution in [2.75, 3.05) is 25.2 Å². The van der Waals surface area contributed by atoms with E-state index < -0.39 is 0 Å². The fraction of sp³-hybridized carbons (Fsp3) is 0.556. The first-order valence-electron chi connectivity index (χ1n) is 4.51. The fourth-order valence-corrected chi connectivity index (χ4v) is 1.79. The van der Waals surface area contributed by atoms with Crippen LogP contribution in [0.2, 0.25) is 0 Å². The number of nitrogens with two attached hydrogens (primary N) is 1. The summed E-state index contributed by atoms with van der Waals surface area (Å²) in [5.74, 6) is 2.22. The Morgan fingerprint density at radius 3 is 2.93 bits per heavy atom. The van der Waals surface area contributed by atoms with Gasteiger partial charge in [0.1, 0.15) is 16.7 Å². The van der Waals surface area contributed by atoms with E-state index in [1.165, 1.54) is 0 Å². The van der Waals surface area contributed by atoms with Crippen molar-refractivity contribution in [1.29, 1.82) is 0 Å². The largest absolute Gasteiger partial charge is 0.384 e. The van der Waals surface area contributed by atoms with Crippen molar-refractivity contribution in [2.24, 2.45) is 0 Å². The Hall–Kier alpha value is -0.810. The molecular weight excluding hydrogens is 198 g/mol. The molecule has 0 atom stereocenters. The molecule has 0 fully saturated rings. The van der Waals surface area contributed by atoms with Crippen LogP contribution in [-0.2, 0) is 11.2 Å². The van der Waals surface area contributed by atoms with Gasteiger partial charge in [0.05, 0.1) is 6.61 Å². The van der Waals surface area contributed by atoms with Gasteiger partial charge in [-0.25, -0.2) is 9.97 Å². The van der Waals surface area contributed by atoms with E-state index >= 15 is 0 Å². The first kappa shape index (κ1) is 11.3. The highest BCUT2D eigenvalue weighted by Crippen LogP contribution is 2.17. The van der Waals surface area contributed by atoms with E-state index in [9.17, 15) is 0 Å². The minimum atomic E-state index is 0.539. The van der Waals surface area contributed by atoms with Gasteiger partial charge in [0.2, 0.25) is 0 Å². The number of methoxy groups -OCH3 is 1.